The van der Waals surface area contributed by atoms with Crippen LogP contribution >= 0.6 is 0 Å². The third-order valence-electron chi connectivity index (χ3n) is 3.45. The zero-order valence-corrected chi connectivity index (χ0v) is 15.0. The number of nitrogens with one attached hydrogen (secondary N) is 3. The Hall–Kier alpha value is -1.88. The van der Waals surface area contributed by atoms with E-state index in [1.807, 2.05) is 52.0 Å². The van der Waals surface area contributed by atoms with E-state index < -0.39 is 0 Å². The molecule has 0 spiro atoms. The van der Waals surface area contributed by atoms with Crippen LogP contribution in [0, 0.1) is 0 Å². The molecule has 1 atom stereocenters. The summed E-state index contributed by atoms with van der Waals surface area (Å²) in [4.78, 5) is 25.1. The molecule has 2 amide bonds. The predicted molar refractivity (Wildman–Crippen MR) is 93.6 cm³/mol. The molecule has 0 saturated heterocycles. The third kappa shape index (κ3) is 7.79. The van der Waals surface area contributed by atoms with E-state index in [2.05, 4.69) is 17.6 Å². The summed E-state index contributed by atoms with van der Waals surface area (Å²) in [6, 6.07) is 7.84. The summed E-state index contributed by atoms with van der Waals surface area (Å²) in [5.41, 5.74) is 1.75. The molecule has 0 fully saturated rings. The van der Waals surface area contributed by atoms with Gasteiger partial charge in [-0.2, -0.15) is 0 Å². The minimum Gasteiger partial charge on any atom is -0.347 e. The average Bonchev–Trinajstić information content (AvgIpc) is 2.44. The van der Waals surface area contributed by atoms with Crippen molar-refractivity contribution >= 4 is 17.5 Å². The van der Waals surface area contributed by atoms with Crippen LogP contribution < -0.4 is 15.5 Å². The fourth-order valence-electron chi connectivity index (χ4n) is 2.30. The van der Waals surface area contributed by atoms with E-state index in [4.69, 9.17) is 0 Å². The monoisotopic (exact) mass is 320 g/mol. The number of anilines is 1. The molecule has 0 aromatic heterocycles. The van der Waals surface area contributed by atoms with Crippen LogP contribution in [0.15, 0.2) is 24.3 Å². The molecule has 23 heavy (non-hydrogen) atoms. The lowest BCUT2D eigenvalue weighted by atomic mass is 10.1. The molecule has 0 aliphatic rings. The number of amides is 2. The van der Waals surface area contributed by atoms with Gasteiger partial charge in [-0.1, -0.05) is 19.1 Å². The summed E-state index contributed by atoms with van der Waals surface area (Å²) in [5, 5.41) is 5.84. The van der Waals surface area contributed by atoms with Crippen molar-refractivity contribution in [2.24, 2.45) is 0 Å². The van der Waals surface area contributed by atoms with Crippen LogP contribution in [0.5, 0.6) is 0 Å². The largest absolute Gasteiger partial charge is 0.347 e. The van der Waals surface area contributed by atoms with E-state index in [0.717, 1.165) is 23.6 Å². The number of aryl methyl sites for hydroxylation is 1. The SMILES string of the molecule is CCc1cccc(NC(=O)C[NH+](CC)CC(=O)NC(C)(C)C)c1. The van der Waals surface area contributed by atoms with Crippen molar-refractivity contribution in [1.82, 2.24) is 5.32 Å². The van der Waals surface area contributed by atoms with Crippen LogP contribution in [0.1, 0.15) is 40.2 Å². The molecule has 1 aromatic rings. The van der Waals surface area contributed by atoms with Crippen LogP contribution in [0.3, 0.4) is 0 Å². The van der Waals surface area contributed by atoms with Gasteiger partial charge in [-0.25, -0.2) is 0 Å². The second-order valence-electron chi connectivity index (χ2n) is 6.86. The van der Waals surface area contributed by atoms with Crippen LogP contribution in [0.25, 0.3) is 0 Å². The Labute approximate surface area is 139 Å². The van der Waals surface area contributed by atoms with Gasteiger partial charge in [0.25, 0.3) is 11.8 Å². The number of quaternary nitrogens is 1. The Morgan fingerprint density at radius 2 is 1.74 bits per heavy atom. The summed E-state index contributed by atoms with van der Waals surface area (Å²) in [7, 11) is 0. The lowest BCUT2D eigenvalue weighted by molar-refractivity contribution is -0.881. The average molecular weight is 320 g/mol. The first-order valence-corrected chi connectivity index (χ1v) is 8.27. The minimum atomic E-state index is -0.251. The molecule has 0 bridgehead atoms. The molecule has 128 valence electrons. The highest BCUT2D eigenvalue weighted by atomic mass is 16.2. The first kappa shape index (κ1) is 19.2. The van der Waals surface area contributed by atoms with Gasteiger partial charge >= 0.3 is 0 Å². The van der Waals surface area contributed by atoms with E-state index in [1.165, 1.54) is 5.56 Å². The van der Waals surface area contributed by atoms with Crippen LogP contribution in [0.4, 0.5) is 5.69 Å². The zero-order valence-electron chi connectivity index (χ0n) is 15.0. The molecule has 0 heterocycles. The number of hydrogen-bond donors (Lipinski definition) is 3. The Bertz CT molecular complexity index is 535. The number of likely N-dealkylation sites (N-methyl/N-ethyl adjacent to an activating group) is 1. The van der Waals surface area contributed by atoms with Crippen LogP contribution in [-0.2, 0) is 16.0 Å². The first-order valence-electron chi connectivity index (χ1n) is 8.27. The van der Waals surface area contributed by atoms with Gasteiger partial charge in [0.1, 0.15) is 0 Å². The van der Waals surface area contributed by atoms with Crippen molar-refractivity contribution in [3.63, 3.8) is 0 Å². The van der Waals surface area contributed by atoms with Crippen molar-refractivity contribution in [3.05, 3.63) is 29.8 Å². The van der Waals surface area contributed by atoms with Crippen LogP contribution in [-0.4, -0.2) is 37.0 Å². The maximum atomic E-state index is 12.2. The number of hydrogen-bond acceptors (Lipinski definition) is 2. The van der Waals surface area contributed by atoms with Gasteiger partial charge in [0.2, 0.25) is 0 Å². The van der Waals surface area contributed by atoms with Gasteiger partial charge in [-0.15, -0.1) is 0 Å². The molecular formula is C18H30N3O2+. The number of rotatable bonds is 7. The molecule has 5 heteroatoms. The van der Waals surface area contributed by atoms with Crippen molar-refractivity contribution in [1.29, 1.82) is 0 Å². The standard InChI is InChI=1S/C18H29N3O2/c1-6-14-9-8-10-15(11-14)19-16(22)12-21(7-2)13-17(23)20-18(3,4)5/h8-11H,6-7,12-13H2,1-5H3,(H,19,22)(H,20,23)/p+1. The maximum Gasteiger partial charge on any atom is 0.279 e. The van der Waals surface area contributed by atoms with Crippen molar-refractivity contribution < 1.29 is 14.5 Å². The lowest BCUT2D eigenvalue weighted by Gasteiger charge is -2.23. The van der Waals surface area contributed by atoms with Gasteiger partial charge in [0.15, 0.2) is 13.1 Å². The molecule has 0 aliphatic carbocycles. The first-order chi connectivity index (χ1) is 10.7. The van der Waals surface area contributed by atoms with Crippen molar-refractivity contribution in [2.75, 3.05) is 25.0 Å². The fourth-order valence-corrected chi connectivity index (χ4v) is 2.30. The van der Waals surface area contributed by atoms with E-state index in [9.17, 15) is 9.59 Å². The second-order valence-corrected chi connectivity index (χ2v) is 6.86. The van der Waals surface area contributed by atoms with Gasteiger partial charge in [-0.3, -0.25) is 9.59 Å². The Balaban J connectivity index is 2.54. The van der Waals surface area contributed by atoms with Gasteiger partial charge in [0.05, 0.1) is 6.54 Å². The van der Waals surface area contributed by atoms with Crippen molar-refractivity contribution in [2.45, 2.75) is 46.6 Å². The Kier molecular flexibility index (Phi) is 7.23. The highest BCUT2D eigenvalue weighted by Crippen LogP contribution is 2.10. The van der Waals surface area contributed by atoms with E-state index >= 15 is 0 Å². The van der Waals surface area contributed by atoms with Gasteiger partial charge in [0, 0.05) is 11.2 Å². The zero-order chi connectivity index (χ0) is 17.5. The van der Waals surface area contributed by atoms with E-state index in [-0.39, 0.29) is 23.9 Å². The van der Waals surface area contributed by atoms with E-state index in [1.54, 1.807) is 0 Å². The summed E-state index contributed by atoms with van der Waals surface area (Å²) >= 11 is 0. The number of carbonyl (C=O) groups excluding carboxylic acids is 2. The number of benzene rings is 1. The third-order valence-corrected chi connectivity index (χ3v) is 3.45. The molecule has 5 nitrogen and oxygen atoms in total. The minimum absolute atomic E-state index is 0.0323. The molecule has 0 saturated carbocycles. The molecule has 1 unspecified atom stereocenters. The molecule has 3 N–H and O–H groups in total. The Morgan fingerprint density at radius 1 is 1.09 bits per heavy atom. The lowest BCUT2D eigenvalue weighted by Crippen LogP contribution is -3.14. The van der Waals surface area contributed by atoms with E-state index in [0.29, 0.717) is 6.54 Å². The van der Waals surface area contributed by atoms with Gasteiger partial charge in [-0.05, 0) is 51.8 Å². The summed E-state index contributed by atoms with van der Waals surface area (Å²) < 4.78 is 0. The molecular weight excluding hydrogens is 290 g/mol. The van der Waals surface area contributed by atoms with Gasteiger partial charge < -0.3 is 15.5 Å². The van der Waals surface area contributed by atoms with Crippen LogP contribution in [0.2, 0.25) is 0 Å². The highest BCUT2D eigenvalue weighted by molar-refractivity contribution is 5.91. The molecule has 1 rings (SSSR count). The fraction of sp³-hybridized carbons (Fsp3) is 0.556. The topological polar surface area (TPSA) is 62.6 Å². The summed E-state index contributed by atoms with van der Waals surface area (Å²) in [5.74, 6) is -0.103. The smallest absolute Gasteiger partial charge is 0.279 e. The van der Waals surface area contributed by atoms with Crippen molar-refractivity contribution in [3.8, 4) is 0 Å². The summed E-state index contributed by atoms with van der Waals surface area (Å²) in [6.45, 7) is 11.2. The Morgan fingerprint density at radius 3 is 2.30 bits per heavy atom. The second kappa shape index (κ2) is 8.67. The quantitative estimate of drug-likeness (QED) is 0.702. The predicted octanol–water partition coefficient (Wildman–Crippen LogP) is 1.01. The highest BCUT2D eigenvalue weighted by Gasteiger charge is 2.20. The summed E-state index contributed by atoms with van der Waals surface area (Å²) in [6.07, 6.45) is 0.934. The normalized spacial score (nSPS) is 12.6. The molecule has 0 aliphatic heterocycles. The maximum absolute atomic E-state index is 12.2. The molecule has 1 aromatic carbocycles. The number of carbonyl (C=O) groups is 2. The molecule has 0 radical (unpaired) electrons.